The third-order valence-corrected chi connectivity index (χ3v) is 4.62. The summed E-state index contributed by atoms with van der Waals surface area (Å²) >= 11 is 0. The predicted molar refractivity (Wildman–Crippen MR) is 94.3 cm³/mol. The normalized spacial score (nSPS) is 14.1. The molecule has 0 amide bonds. The topological polar surface area (TPSA) is 108 Å². The van der Waals surface area contributed by atoms with Crippen LogP contribution in [-0.4, -0.2) is 64.7 Å². The summed E-state index contributed by atoms with van der Waals surface area (Å²) in [6.07, 6.45) is -0.542. The summed E-state index contributed by atoms with van der Waals surface area (Å²) in [5.41, 5.74) is 0.661. The molecule has 8 nitrogen and oxygen atoms in total. The molecule has 0 radical (unpaired) electrons. The van der Waals surface area contributed by atoms with Gasteiger partial charge in [-0.05, 0) is 19.4 Å². The van der Waals surface area contributed by atoms with Crippen LogP contribution in [0.2, 0.25) is 0 Å². The summed E-state index contributed by atoms with van der Waals surface area (Å²) < 4.78 is 44.5. The summed E-state index contributed by atoms with van der Waals surface area (Å²) in [6.45, 7) is 3.68. The number of carbonyl (C=O) groups is 1. The van der Waals surface area contributed by atoms with Crippen LogP contribution in [0.1, 0.15) is 19.4 Å². The molecule has 0 fully saturated rings. The third kappa shape index (κ3) is 10.5. The molecule has 0 spiro atoms. The lowest BCUT2D eigenvalue weighted by molar-refractivity contribution is -0.143. The van der Waals surface area contributed by atoms with E-state index in [2.05, 4.69) is 0 Å². The Morgan fingerprint density at radius 1 is 1.00 bits per heavy atom. The molecule has 0 aliphatic heterocycles. The van der Waals surface area contributed by atoms with Crippen LogP contribution >= 0.6 is 0 Å². The number of carboxylic acid groups (broad SMARTS) is 1. The molecule has 0 aromatic heterocycles. The lowest BCUT2D eigenvalue weighted by Crippen LogP contribution is -2.29. The molecule has 0 bridgehead atoms. The van der Waals surface area contributed by atoms with Crippen molar-refractivity contribution in [3.63, 3.8) is 0 Å². The molecule has 1 aromatic rings. The van der Waals surface area contributed by atoms with Crippen molar-refractivity contribution in [1.82, 2.24) is 0 Å². The number of hydrogen-bond acceptors (Lipinski definition) is 7. The second-order valence-electron chi connectivity index (χ2n) is 5.61. The smallest absolute Gasteiger partial charge is 0.329 e. The van der Waals surface area contributed by atoms with Gasteiger partial charge in [-0.2, -0.15) is 8.42 Å². The maximum Gasteiger partial charge on any atom is 0.329 e. The molecule has 1 N–H and O–H groups in total. The van der Waals surface area contributed by atoms with Gasteiger partial charge in [0.25, 0.3) is 10.1 Å². The van der Waals surface area contributed by atoms with E-state index in [9.17, 15) is 13.2 Å². The number of ether oxygens (including phenoxy) is 3. The zero-order chi connectivity index (χ0) is 19.4. The van der Waals surface area contributed by atoms with Crippen molar-refractivity contribution in [2.24, 2.45) is 0 Å². The van der Waals surface area contributed by atoms with Crippen LogP contribution in [0, 0.1) is 0 Å². The number of benzene rings is 1. The highest BCUT2D eigenvalue weighted by molar-refractivity contribution is 7.85. The van der Waals surface area contributed by atoms with E-state index in [0.29, 0.717) is 5.56 Å². The molecule has 0 saturated carbocycles. The van der Waals surface area contributed by atoms with Crippen LogP contribution < -0.4 is 0 Å². The maximum atomic E-state index is 11.9. The fourth-order valence-electron chi connectivity index (χ4n) is 1.94. The zero-order valence-corrected chi connectivity index (χ0v) is 15.8. The molecule has 2 atom stereocenters. The van der Waals surface area contributed by atoms with E-state index in [1.54, 1.807) is 38.1 Å². The number of aliphatic carboxylic acids is 1. The van der Waals surface area contributed by atoms with E-state index in [-0.39, 0.29) is 51.0 Å². The molecule has 0 saturated heterocycles. The fraction of sp³-hybridized carbons (Fsp3) is 0.588. The Bertz CT molecular complexity index is 617. The highest BCUT2D eigenvalue weighted by atomic mass is 32.2. The van der Waals surface area contributed by atoms with Crippen molar-refractivity contribution in [1.29, 1.82) is 0 Å². The largest absolute Gasteiger partial charge is 0.480 e. The highest BCUT2D eigenvalue weighted by Crippen LogP contribution is 2.08. The molecular weight excluding hydrogens is 364 g/mol. The van der Waals surface area contributed by atoms with Crippen molar-refractivity contribution in [2.45, 2.75) is 31.8 Å². The minimum absolute atomic E-state index is 0.0754. The van der Waals surface area contributed by atoms with Gasteiger partial charge in [0.1, 0.15) is 12.4 Å². The highest BCUT2D eigenvalue weighted by Gasteiger charge is 2.15. The predicted octanol–water partition coefficient (Wildman–Crippen LogP) is 1.44. The van der Waals surface area contributed by atoms with Crippen molar-refractivity contribution in [2.75, 3.05) is 33.0 Å². The number of hydrogen-bond donors (Lipinski definition) is 1. The van der Waals surface area contributed by atoms with Crippen molar-refractivity contribution in [3.8, 4) is 0 Å². The van der Waals surface area contributed by atoms with Crippen LogP contribution in [0.4, 0.5) is 0 Å². The molecule has 1 rings (SSSR count). The van der Waals surface area contributed by atoms with Gasteiger partial charge in [0, 0.05) is 0 Å². The van der Waals surface area contributed by atoms with Gasteiger partial charge in [-0.15, -0.1) is 0 Å². The molecule has 148 valence electrons. The van der Waals surface area contributed by atoms with Crippen molar-refractivity contribution in [3.05, 3.63) is 35.9 Å². The van der Waals surface area contributed by atoms with Crippen LogP contribution in [0.25, 0.3) is 0 Å². The summed E-state index contributed by atoms with van der Waals surface area (Å²) in [5, 5.41) is 8.43. The first-order chi connectivity index (χ1) is 12.3. The number of rotatable bonds is 14. The van der Waals surface area contributed by atoms with Gasteiger partial charge in [-0.25, -0.2) is 4.79 Å². The molecule has 1 aromatic carbocycles. The Hall–Kier alpha value is -1.52. The van der Waals surface area contributed by atoms with E-state index in [4.69, 9.17) is 23.5 Å². The first-order valence-corrected chi connectivity index (χ1v) is 9.81. The van der Waals surface area contributed by atoms with Gasteiger partial charge in [0.15, 0.2) is 0 Å². The Morgan fingerprint density at radius 2 is 1.58 bits per heavy atom. The van der Waals surface area contributed by atoms with E-state index in [0.717, 1.165) is 0 Å². The quantitative estimate of drug-likeness (QED) is 0.376. The summed E-state index contributed by atoms with van der Waals surface area (Å²) in [4.78, 5) is 10.3. The van der Waals surface area contributed by atoms with Crippen LogP contribution in [-0.2, 0) is 39.1 Å². The monoisotopic (exact) mass is 390 g/mol. The van der Waals surface area contributed by atoms with E-state index >= 15 is 0 Å². The van der Waals surface area contributed by atoms with Crippen LogP contribution in [0.15, 0.2) is 30.3 Å². The zero-order valence-electron chi connectivity index (χ0n) is 15.0. The molecule has 0 aliphatic carbocycles. The van der Waals surface area contributed by atoms with Crippen LogP contribution in [0.5, 0.6) is 0 Å². The first-order valence-electron chi connectivity index (χ1n) is 8.24. The Kier molecular flexibility index (Phi) is 10.4. The van der Waals surface area contributed by atoms with Crippen LogP contribution in [0.3, 0.4) is 0 Å². The molecule has 9 heteroatoms. The molecule has 0 heterocycles. The lowest BCUT2D eigenvalue weighted by Gasteiger charge is -2.21. The Morgan fingerprint density at radius 3 is 2.15 bits per heavy atom. The van der Waals surface area contributed by atoms with E-state index in [1.807, 2.05) is 6.07 Å². The second kappa shape index (κ2) is 12.0. The van der Waals surface area contributed by atoms with Gasteiger partial charge in [0.2, 0.25) is 0 Å². The van der Waals surface area contributed by atoms with Crippen molar-refractivity contribution < 1.29 is 36.7 Å². The lowest BCUT2D eigenvalue weighted by atomic mass is 10.2. The summed E-state index contributed by atoms with van der Waals surface area (Å²) in [7, 11) is -3.66. The first kappa shape index (κ1) is 22.5. The van der Waals surface area contributed by atoms with Gasteiger partial charge in [0.05, 0.1) is 38.6 Å². The molecule has 0 unspecified atom stereocenters. The summed E-state index contributed by atoms with van der Waals surface area (Å²) in [5.74, 6) is -1.21. The maximum absolute atomic E-state index is 11.9. The average Bonchev–Trinajstić information content (AvgIpc) is 2.58. The van der Waals surface area contributed by atoms with Gasteiger partial charge < -0.3 is 19.3 Å². The van der Waals surface area contributed by atoms with Gasteiger partial charge in [-0.3, -0.25) is 4.18 Å². The van der Waals surface area contributed by atoms with E-state index in [1.165, 1.54) is 0 Å². The molecule has 0 aliphatic rings. The summed E-state index contributed by atoms with van der Waals surface area (Å²) in [6, 6.07) is 8.79. The van der Waals surface area contributed by atoms with Crippen molar-refractivity contribution >= 4 is 16.1 Å². The minimum Gasteiger partial charge on any atom is -0.480 e. The molecular formula is C17H26O8S. The van der Waals surface area contributed by atoms with E-state index < -0.39 is 16.1 Å². The SMILES string of the molecule is C[C@@H](OCCOCC(=O)O)[C@@H](C)OCCOS(=O)(=O)Cc1ccccc1. The van der Waals surface area contributed by atoms with Gasteiger partial charge in [-0.1, -0.05) is 30.3 Å². The Labute approximate surface area is 154 Å². The van der Waals surface area contributed by atoms with Gasteiger partial charge >= 0.3 is 5.97 Å². The minimum atomic E-state index is -3.66. The third-order valence-electron chi connectivity index (χ3n) is 3.41. The number of carboxylic acids is 1. The fourth-order valence-corrected chi connectivity index (χ4v) is 2.94. The second-order valence-corrected chi connectivity index (χ2v) is 7.25. The Balaban J connectivity index is 2.16. The standard InChI is InChI=1S/C17H26O8S/c1-14(23-9-8-22-12-17(18)19)15(2)24-10-11-25-26(20,21)13-16-6-4-3-5-7-16/h3-7,14-15H,8-13H2,1-2H3,(H,18,19)/t14-,15-/m1/s1. The average molecular weight is 390 g/mol. The molecule has 26 heavy (non-hydrogen) atoms.